The minimum Gasteiger partial charge on any atom is -0.394 e. The molecule has 3 aliphatic rings. The van der Waals surface area contributed by atoms with Gasteiger partial charge in [0.2, 0.25) is 0 Å². The number of carbonyl (C=O) groups is 3. The van der Waals surface area contributed by atoms with Crippen LogP contribution in [0, 0.1) is 5.92 Å². The molecule has 3 heterocycles. The number of aliphatic hydroxyl groups excluding tert-OH is 7. The Morgan fingerprint density at radius 2 is 1.47 bits per heavy atom. The van der Waals surface area contributed by atoms with Crippen molar-refractivity contribution >= 4 is 17.8 Å². The molecule has 3 fully saturated rings. The molecule has 2 unspecified atom stereocenters. The van der Waals surface area contributed by atoms with E-state index in [4.69, 9.17) is 14.3 Å². The maximum absolute atomic E-state index is 12.1. The van der Waals surface area contributed by atoms with Crippen LogP contribution in [-0.4, -0.2) is 151 Å². The number of ether oxygens (including phenoxy) is 2. The molecular formula is C28H48N2O13. The molecule has 0 spiro atoms. The summed E-state index contributed by atoms with van der Waals surface area (Å²) in [4.78, 5) is 42.3. The molecule has 0 aromatic carbocycles. The number of hydroxylamine groups is 2. The van der Waals surface area contributed by atoms with Crippen molar-refractivity contribution in [3.8, 4) is 0 Å². The van der Waals surface area contributed by atoms with Gasteiger partial charge in [-0.1, -0.05) is 13.3 Å². The van der Waals surface area contributed by atoms with Gasteiger partial charge >= 0.3 is 5.97 Å². The van der Waals surface area contributed by atoms with Gasteiger partial charge in [0.05, 0.1) is 24.9 Å². The second-order valence-electron chi connectivity index (χ2n) is 11.9. The normalized spacial score (nSPS) is 35.9. The maximum atomic E-state index is 12.1. The average Bonchev–Trinajstić information content (AvgIpc) is 3.29. The van der Waals surface area contributed by atoms with Gasteiger partial charge in [0, 0.05) is 25.8 Å². The van der Waals surface area contributed by atoms with Gasteiger partial charge in [-0.05, 0) is 51.6 Å². The molecule has 15 heteroatoms. The topological polar surface area (TPSA) is 227 Å². The molecule has 3 saturated heterocycles. The zero-order valence-electron chi connectivity index (χ0n) is 24.8. The van der Waals surface area contributed by atoms with Gasteiger partial charge in [0.25, 0.3) is 11.8 Å². The van der Waals surface area contributed by atoms with Crippen LogP contribution in [-0.2, 0) is 28.7 Å². The lowest BCUT2D eigenvalue weighted by Gasteiger charge is -2.43. The van der Waals surface area contributed by atoms with Crippen LogP contribution in [0.15, 0.2) is 0 Å². The van der Waals surface area contributed by atoms with Crippen LogP contribution >= 0.6 is 0 Å². The van der Waals surface area contributed by atoms with E-state index in [-0.39, 0.29) is 25.2 Å². The largest absolute Gasteiger partial charge is 0.394 e. The lowest BCUT2D eigenvalue weighted by Crippen LogP contribution is -2.60. The minimum atomic E-state index is -1.48. The third kappa shape index (κ3) is 9.36. The molecule has 3 aliphatic heterocycles. The lowest BCUT2D eigenvalue weighted by molar-refractivity contribution is -0.240. The van der Waals surface area contributed by atoms with E-state index in [2.05, 4.69) is 4.90 Å². The molecule has 0 aliphatic carbocycles. The number of imide groups is 1. The predicted octanol–water partition coefficient (Wildman–Crippen LogP) is -2.42. The number of hydrogen-bond acceptors (Lipinski definition) is 14. The number of unbranched alkanes of at least 4 members (excludes halogenated alkanes) is 2. The predicted molar refractivity (Wildman–Crippen MR) is 147 cm³/mol. The van der Waals surface area contributed by atoms with E-state index in [9.17, 15) is 50.1 Å². The minimum absolute atomic E-state index is 0.0247. The van der Waals surface area contributed by atoms with Crippen LogP contribution in [0.25, 0.3) is 0 Å². The van der Waals surface area contributed by atoms with Crippen LogP contribution in [0.1, 0.15) is 65.2 Å². The van der Waals surface area contributed by atoms with Crippen molar-refractivity contribution in [1.82, 2.24) is 9.96 Å². The Balaban J connectivity index is 1.52. The Morgan fingerprint density at radius 3 is 2.12 bits per heavy atom. The summed E-state index contributed by atoms with van der Waals surface area (Å²) in [5, 5.41) is 71.4. The third-order valence-corrected chi connectivity index (χ3v) is 8.50. The molecule has 15 nitrogen and oxygen atoms in total. The summed E-state index contributed by atoms with van der Waals surface area (Å²) in [5.74, 6) is -2.06. The standard InChI is InChI=1S/C28H48N2O13/c1-15(28-27(40)26(39)24(37)18(14-31)42-28)13-29(12-6-7-17-23(36)25(38)22(35)16(2)41-17)11-5-3-4-8-21(34)43-30-19(32)9-10-20(30)33/h15-18,22-28,31,35-40H,3-14H2,1-2H3/t15?,16-,17-,18+,22+,23+,24+,25+,26-,27+,28?/m0/s1. The molecule has 0 aromatic heterocycles. The average molecular weight is 621 g/mol. The highest BCUT2D eigenvalue weighted by atomic mass is 16.7. The van der Waals surface area contributed by atoms with E-state index in [0.717, 1.165) is 0 Å². The maximum Gasteiger partial charge on any atom is 0.333 e. The first-order valence-electron chi connectivity index (χ1n) is 15.1. The number of amides is 2. The number of nitrogens with zero attached hydrogens (tertiary/aromatic N) is 2. The van der Waals surface area contributed by atoms with E-state index < -0.39 is 85.4 Å². The summed E-state index contributed by atoms with van der Waals surface area (Å²) in [6.07, 6.45) is -8.41. The van der Waals surface area contributed by atoms with Crippen molar-refractivity contribution in [2.24, 2.45) is 5.92 Å². The fraction of sp³-hybridized carbons (Fsp3) is 0.893. The smallest absolute Gasteiger partial charge is 0.333 e. The molecule has 0 radical (unpaired) electrons. The fourth-order valence-electron chi connectivity index (χ4n) is 5.88. The Bertz CT molecular complexity index is 907. The number of rotatable bonds is 15. The van der Waals surface area contributed by atoms with Gasteiger partial charge in [0.15, 0.2) is 0 Å². The lowest BCUT2D eigenvalue weighted by atomic mass is 9.88. The van der Waals surface area contributed by atoms with Gasteiger partial charge in [-0.2, -0.15) is 0 Å². The van der Waals surface area contributed by atoms with Gasteiger partial charge < -0.3 is 55.0 Å². The van der Waals surface area contributed by atoms with E-state index in [1.54, 1.807) is 6.92 Å². The Hall–Kier alpha value is -1.79. The molecule has 2 amide bonds. The van der Waals surface area contributed by atoms with E-state index in [1.165, 1.54) is 0 Å². The second kappa shape index (κ2) is 16.5. The molecule has 7 N–H and O–H groups in total. The van der Waals surface area contributed by atoms with Crippen molar-refractivity contribution in [2.75, 3.05) is 26.2 Å². The first-order valence-corrected chi connectivity index (χ1v) is 15.1. The van der Waals surface area contributed by atoms with Crippen LogP contribution in [0.5, 0.6) is 0 Å². The van der Waals surface area contributed by atoms with Crippen molar-refractivity contribution < 1.29 is 64.4 Å². The summed E-state index contributed by atoms with van der Waals surface area (Å²) in [6, 6.07) is 0. The summed E-state index contributed by atoms with van der Waals surface area (Å²) < 4.78 is 11.4. The van der Waals surface area contributed by atoms with E-state index >= 15 is 0 Å². The van der Waals surface area contributed by atoms with Crippen molar-refractivity contribution in [2.45, 2.75) is 126 Å². The Morgan fingerprint density at radius 1 is 0.860 bits per heavy atom. The van der Waals surface area contributed by atoms with Gasteiger partial charge in [-0.3, -0.25) is 9.59 Å². The van der Waals surface area contributed by atoms with Crippen LogP contribution in [0.2, 0.25) is 0 Å². The Labute approximate surface area is 250 Å². The highest BCUT2D eigenvalue weighted by Crippen LogP contribution is 2.28. The molecule has 3 rings (SSSR count). The Kier molecular flexibility index (Phi) is 13.7. The highest BCUT2D eigenvalue weighted by molar-refractivity contribution is 6.01. The molecule has 43 heavy (non-hydrogen) atoms. The molecular weight excluding hydrogens is 572 g/mol. The first kappa shape index (κ1) is 35.7. The highest BCUT2D eigenvalue weighted by Gasteiger charge is 2.45. The van der Waals surface area contributed by atoms with Crippen molar-refractivity contribution in [3.63, 3.8) is 0 Å². The quantitative estimate of drug-likeness (QED) is 0.0747. The molecule has 0 bridgehead atoms. The summed E-state index contributed by atoms with van der Waals surface area (Å²) in [5.41, 5.74) is 0. The molecule has 248 valence electrons. The molecule has 0 aromatic rings. The van der Waals surface area contributed by atoms with Gasteiger partial charge in [-0.25, -0.2) is 4.79 Å². The van der Waals surface area contributed by atoms with Crippen LogP contribution < -0.4 is 0 Å². The van der Waals surface area contributed by atoms with E-state index in [1.807, 2.05) is 6.92 Å². The van der Waals surface area contributed by atoms with Crippen LogP contribution in [0.3, 0.4) is 0 Å². The zero-order chi connectivity index (χ0) is 31.8. The van der Waals surface area contributed by atoms with Gasteiger partial charge in [0.1, 0.15) is 42.7 Å². The number of aliphatic hydroxyl groups is 7. The summed E-state index contributed by atoms with van der Waals surface area (Å²) in [6.45, 7) is 4.44. The molecule has 11 atom stereocenters. The fourth-order valence-corrected chi connectivity index (χ4v) is 5.88. The monoisotopic (exact) mass is 620 g/mol. The van der Waals surface area contributed by atoms with Crippen LogP contribution in [0.4, 0.5) is 0 Å². The second-order valence-corrected chi connectivity index (χ2v) is 11.9. The molecule has 0 saturated carbocycles. The summed E-state index contributed by atoms with van der Waals surface area (Å²) in [7, 11) is 0. The number of carbonyl (C=O) groups excluding carboxylic acids is 3. The van der Waals surface area contributed by atoms with Gasteiger partial charge in [-0.15, -0.1) is 5.06 Å². The number of hydrogen-bond donors (Lipinski definition) is 7. The van der Waals surface area contributed by atoms with Crippen molar-refractivity contribution in [1.29, 1.82) is 0 Å². The van der Waals surface area contributed by atoms with E-state index in [0.29, 0.717) is 56.8 Å². The first-order chi connectivity index (χ1) is 20.3. The zero-order valence-corrected chi connectivity index (χ0v) is 24.8. The summed E-state index contributed by atoms with van der Waals surface area (Å²) >= 11 is 0. The third-order valence-electron chi connectivity index (χ3n) is 8.50. The van der Waals surface area contributed by atoms with Crippen molar-refractivity contribution in [3.05, 3.63) is 0 Å². The SMILES string of the molecule is CC(CN(CCCCCC(=O)ON1C(=O)CCC1=O)CCC[C@@H]1O[C@@H](C)[C@@H](O)[C@@H](O)[C@@H]1O)C1O[C@H](CO)[C@@H](O)[C@H](O)[C@H]1O.